The van der Waals surface area contributed by atoms with Crippen LogP contribution in [0, 0.1) is 0 Å². The van der Waals surface area contributed by atoms with Crippen LogP contribution in [0.1, 0.15) is 241 Å². The number of halogens is 4. The van der Waals surface area contributed by atoms with Gasteiger partial charge in [-0.3, -0.25) is 39.5 Å². The van der Waals surface area contributed by atoms with Gasteiger partial charge in [-0.25, -0.2) is 39.1 Å². The van der Waals surface area contributed by atoms with Gasteiger partial charge in [-0.2, -0.15) is 0 Å². The summed E-state index contributed by atoms with van der Waals surface area (Å²) in [5, 5.41) is 8.98. The van der Waals surface area contributed by atoms with Gasteiger partial charge in [0, 0.05) is 189 Å². The molecule has 6 amide bonds. The fourth-order valence-electron chi connectivity index (χ4n) is 21.7. The molecule has 0 radical (unpaired) electrons. The average Bonchev–Trinajstić information content (AvgIpc) is 1.61. The number of nitrogens with two attached hydrogens (primary N) is 4. The number of hydrogen-bond acceptors (Lipinski definition) is 22. The largest absolute Gasteiger partial charge is 0.447 e. The third kappa shape index (κ3) is 23.3. The summed E-state index contributed by atoms with van der Waals surface area (Å²) in [5.74, 6) is 0. The number of fused-ring (bicyclic) bond motifs is 8. The Morgan fingerprint density at radius 2 is 0.615 bits per heavy atom. The summed E-state index contributed by atoms with van der Waals surface area (Å²) in [6, 6.07) is 38.7. The molecule has 36 heteroatoms. The quantitative estimate of drug-likeness (QED) is 0.0555. The van der Waals surface area contributed by atoms with Crippen LogP contribution in [0.2, 0.25) is 20.1 Å². The molecule has 21 rings (SSSR count). The van der Waals surface area contributed by atoms with E-state index in [1.54, 1.807) is 47.5 Å². The van der Waals surface area contributed by atoms with Crippen LogP contribution in [-0.4, -0.2) is 250 Å². The fraction of sp³-hybridized carbons (Fsp3) is 0.393. The number of nitrogens with one attached hydrogen (secondary N) is 2. The molecule has 4 unspecified atom stereocenters. The number of rotatable bonds is 15. The monoisotopic (exact) mass is 2080 g/mol. The molecule has 8 aromatic heterocycles. The number of aryl methyl sites for hydroxylation is 4. The normalized spacial score (nSPS) is 19.4. The molecule has 4 aliphatic heterocycles. The number of piperazine rings is 4. The molecule has 148 heavy (non-hydrogen) atoms. The molecule has 4 saturated heterocycles. The zero-order chi connectivity index (χ0) is 104. The highest BCUT2D eigenvalue weighted by atomic mass is 35.5. The average molecular weight is 2080 g/mol. The van der Waals surface area contributed by atoms with Crippen LogP contribution in [0.5, 0.6) is 0 Å². The van der Waals surface area contributed by atoms with Gasteiger partial charge in [-0.05, 0) is 247 Å². The van der Waals surface area contributed by atoms with Gasteiger partial charge in [0.2, 0.25) is 0 Å². The van der Waals surface area contributed by atoms with E-state index in [0.717, 1.165) is 174 Å². The van der Waals surface area contributed by atoms with Crippen molar-refractivity contribution in [3.05, 3.63) is 329 Å². The van der Waals surface area contributed by atoms with Crippen LogP contribution >= 0.6 is 46.4 Å². The number of ether oxygens (including phenoxy) is 2. The topological polar surface area (TPSA) is 364 Å². The Morgan fingerprint density at radius 3 is 0.858 bits per heavy atom. The van der Waals surface area contributed by atoms with Gasteiger partial charge in [0.25, 0.3) is 0 Å². The lowest BCUT2D eigenvalue weighted by atomic mass is 9.90. The highest BCUT2D eigenvalue weighted by Gasteiger charge is 2.43. The first-order valence-electron chi connectivity index (χ1n) is 51.0. The van der Waals surface area contributed by atoms with Crippen molar-refractivity contribution in [1.82, 2.24) is 108 Å². The van der Waals surface area contributed by atoms with Gasteiger partial charge >= 0.3 is 24.2 Å². The molecule has 12 aromatic rings. The van der Waals surface area contributed by atoms with Crippen molar-refractivity contribution in [1.29, 1.82) is 0 Å². The van der Waals surface area contributed by atoms with Crippen molar-refractivity contribution in [2.24, 2.45) is 51.1 Å². The van der Waals surface area contributed by atoms with Gasteiger partial charge < -0.3 is 80.9 Å². The third-order valence-electron chi connectivity index (χ3n) is 29.2. The number of pyridine rings is 4. The maximum atomic E-state index is 13.0. The Bertz CT molecular complexity index is 6720. The van der Waals surface area contributed by atoms with Crippen molar-refractivity contribution in [3.63, 3.8) is 0 Å². The minimum atomic E-state index is -0.399. The predicted octanol–water partition coefficient (Wildman–Crippen LogP) is 17.6. The second-order valence-corrected chi connectivity index (χ2v) is 42.6. The molecule has 0 bridgehead atoms. The van der Waals surface area contributed by atoms with Gasteiger partial charge in [-0.15, -0.1) is 0 Å². The number of hydrogen-bond donors (Lipinski definition) is 6. The standard InChI is InChI=1S/C30H36ClN7O.C28H34ClN7O.2C27H31ClN6O2/c1-36-19-33-18-26(36)27(32)25-16-20-6-5-11-34-28(20)29(23-10-9-21(31)17-24(23)25)37-12-14-38(15-13-37)30(39)35-22-7-3-2-4-8-22;1-28(2,3)33-27(37)36-12-10-35(11-13-36)26-20-8-7-19(29)15-21(20)22(14-18-6-5-9-32-25(18)26)24(30)23-16-31-17-34(23)4;2*1-17(2)36-27(35)34-11-9-33(10-12-34)26-20-7-6-19(28)14-21(20)22(13-18-5-4-8-31-25(18)26)24(29)23-15-30-16-32(23)3/h5-6,9-11,16-19,22,27,29H,2-4,7-8,12-15,32H2,1H3,(H,35,39);5-9,14-17,24,26H,10-13,30H2,1-4H3,(H,33,37);2*4-8,13-17,24,26H,9-12,29H2,1-3H3/t27?,29-;3*24?,26-/m0000/s1. The summed E-state index contributed by atoms with van der Waals surface area (Å²) in [7, 11) is 7.80. The van der Waals surface area contributed by atoms with E-state index in [1.165, 1.54) is 19.3 Å². The van der Waals surface area contributed by atoms with Crippen molar-refractivity contribution >= 4 is 117 Å². The van der Waals surface area contributed by atoms with Crippen LogP contribution in [-0.2, 0) is 37.7 Å². The molecule has 5 fully saturated rings. The van der Waals surface area contributed by atoms with E-state index in [2.05, 4.69) is 123 Å². The number of imidazole rings is 4. The lowest BCUT2D eigenvalue weighted by Crippen LogP contribution is -2.55. The summed E-state index contributed by atoms with van der Waals surface area (Å²) in [6.07, 6.45) is 35.3. The Kier molecular flexibility index (Phi) is 32.8. The Morgan fingerprint density at radius 1 is 0.358 bits per heavy atom. The van der Waals surface area contributed by atoms with Crippen molar-refractivity contribution in [3.8, 4) is 0 Å². The number of carbonyl (C=O) groups excluding carboxylic acids is 4. The zero-order valence-electron chi connectivity index (χ0n) is 85.7. The summed E-state index contributed by atoms with van der Waals surface area (Å²) >= 11 is 26.2. The van der Waals surface area contributed by atoms with Crippen molar-refractivity contribution < 1.29 is 28.7 Å². The van der Waals surface area contributed by atoms with Gasteiger partial charge in [-0.1, -0.05) is 114 Å². The second-order valence-electron chi connectivity index (χ2n) is 40.9. The number of nitrogens with zero attached hydrogens (tertiary/aromatic N) is 20. The van der Waals surface area contributed by atoms with Crippen LogP contribution in [0.4, 0.5) is 19.2 Å². The first-order chi connectivity index (χ1) is 71.3. The number of amides is 6. The second kappa shape index (κ2) is 46.1. The van der Waals surface area contributed by atoms with E-state index in [4.69, 9.17) is 98.7 Å². The van der Waals surface area contributed by atoms with E-state index in [9.17, 15) is 19.2 Å². The van der Waals surface area contributed by atoms with Crippen molar-refractivity contribution in [2.45, 2.75) is 153 Å². The Hall–Kier alpha value is -12.8. The van der Waals surface area contributed by atoms with Crippen LogP contribution in [0.15, 0.2) is 196 Å². The molecular formula is C112H132Cl4N26O6. The number of benzene rings is 4. The Balaban J connectivity index is 0.000000129. The molecular weight excluding hydrogens is 1950 g/mol. The molecule has 1 saturated carbocycles. The SMILES string of the molecule is CC(C)OC(=O)N1CCN([C@H]2c3ccc(Cl)cc3C(C(N)c3cncn3C)=Cc3cccnc32)CC1.CC(C)OC(=O)N1CCN([C@H]2c3ccc(Cl)cc3C(C(N)c3cncn3C)=Cc3cccnc32)CC1.Cn1cncc1C(N)C1=Cc2cccnc2[C@@H](N2CCN(C(=O)NC(C)(C)C)CC2)c2ccc(Cl)cc21.Cn1cncc1C(N)C1=Cc2cccnc2[C@@H](N2CCN(C(=O)NC3CCCCC3)CC2)c2ccc(Cl)cc21. The molecule has 774 valence electrons. The summed E-state index contributed by atoms with van der Waals surface area (Å²) in [5.41, 5.74) is 51.2. The predicted molar refractivity (Wildman–Crippen MR) is 582 cm³/mol. The van der Waals surface area contributed by atoms with Crippen LogP contribution in [0.25, 0.3) is 46.6 Å². The highest BCUT2D eigenvalue weighted by Crippen LogP contribution is 2.50. The fourth-order valence-corrected chi connectivity index (χ4v) is 22.4. The summed E-state index contributed by atoms with van der Waals surface area (Å²) < 4.78 is 18.6. The molecule has 12 heterocycles. The van der Waals surface area contributed by atoms with Gasteiger partial charge in [0.05, 0.1) is 156 Å². The maximum absolute atomic E-state index is 13.0. The smallest absolute Gasteiger partial charge is 0.410 e. The Labute approximate surface area is 885 Å². The van der Waals surface area contributed by atoms with Gasteiger partial charge in [0.15, 0.2) is 0 Å². The molecule has 4 aromatic carbocycles. The summed E-state index contributed by atoms with van der Waals surface area (Å²) in [6.45, 7) is 24.2. The minimum Gasteiger partial charge on any atom is -0.447 e. The lowest BCUT2D eigenvalue weighted by Gasteiger charge is -2.40. The minimum absolute atomic E-state index is 0.0233. The highest BCUT2D eigenvalue weighted by molar-refractivity contribution is 6.32. The number of aromatic nitrogens is 12. The molecule has 5 aliphatic carbocycles. The van der Waals surface area contributed by atoms with Crippen LogP contribution in [0.3, 0.4) is 0 Å². The summed E-state index contributed by atoms with van der Waals surface area (Å²) in [4.78, 5) is 104. The molecule has 32 nitrogen and oxygen atoms in total. The van der Waals surface area contributed by atoms with E-state index in [-0.39, 0.29) is 72.2 Å². The molecule has 9 aliphatic rings. The molecule has 10 N–H and O–H groups in total. The van der Waals surface area contributed by atoms with Gasteiger partial charge in [0.1, 0.15) is 0 Å². The van der Waals surface area contributed by atoms with Crippen molar-refractivity contribution in [2.75, 3.05) is 105 Å². The first-order valence-corrected chi connectivity index (χ1v) is 52.5. The lowest BCUT2D eigenvalue weighted by molar-refractivity contribution is 0.0506. The zero-order valence-corrected chi connectivity index (χ0v) is 88.7. The van der Waals surface area contributed by atoms with E-state index in [1.807, 2.05) is 215 Å². The van der Waals surface area contributed by atoms with Crippen LogP contribution < -0.4 is 33.6 Å². The maximum Gasteiger partial charge on any atom is 0.410 e. The first kappa shape index (κ1) is 105. The van der Waals surface area contributed by atoms with E-state index >= 15 is 0 Å². The molecule has 0 spiro atoms. The number of urea groups is 2. The van der Waals surface area contributed by atoms with E-state index < -0.39 is 18.1 Å². The van der Waals surface area contributed by atoms with E-state index in [0.29, 0.717) is 105 Å². The molecule has 8 atom stereocenters. The number of carbonyl (C=O) groups is 4. The third-order valence-corrected chi connectivity index (χ3v) is 30.1.